The van der Waals surface area contributed by atoms with Gasteiger partial charge < -0.3 is 15.2 Å². The van der Waals surface area contributed by atoms with E-state index in [0.717, 1.165) is 24.0 Å². The summed E-state index contributed by atoms with van der Waals surface area (Å²) in [5.74, 6) is 3.10. The minimum Gasteiger partial charge on any atom is -0.353 e. The second kappa shape index (κ2) is 9.90. The largest absolute Gasteiger partial charge is 0.353 e. The van der Waals surface area contributed by atoms with Gasteiger partial charge in [-0.25, -0.2) is 4.99 Å². The van der Waals surface area contributed by atoms with E-state index < -0.39 is 0 Å². The number of benzene rings is 1. The van der Waals surface area contributed by atoms with Gasteiger partial charge in [0, 0.05) is 13.6 Å². The van der Waals surface area contributed by atoms with Gasteiger partial charge in [0.1, 0.15) is 12.4 Å². The van der Waals surface area contributed by atoms with E-state index in [0.29, 0.717) is 19.0 Å². The maximum atomic E-state index is 4.65. The summed E-state index contributed by atoms with van der Waals surface area (Å²) >= 11 is 0. The van der Waals surface area contributed by atoms with E-state index in [4.69, 9.17) is 0 Å². The van der Waals surface area contributed by atoms with Crippen molar-refractivity contribution in [1.82, 2.24) is 25.4 Å². The molecule has 0 aliphatic rings. The van der Waals surface area contributed by atoms with E-state index in [9.17, 15) is 0 Å². The van der Waals surface area contributed by atoms with E-state index in [-0.39, 0.29) is 6.04 Å². The molecule has 6 nitrogen and oxygen atoms in total. The monoisotopic (exact) mass is 368 g/mol. The van der Waals surface area contributed by atoms with Gasteiger partial charge in [0.05, 0.1) is 6.04 Å². The van der Waals surface area contributed by atoms with Crippen molar-refractivity contribution in [2.75, 3.05) is 6.54 Å². The van der Waals surface area contributed by atoms with Gasteiger partial charge in [-0.05, 0) is 37.3 Å². The molecule has 0 aliphatic heterocycles. The van der Waals surface area contributed by atoms with Crippen LogP contribution in [0.3, 0.4) is 0 Å². The van der Waals surface area contributed by atoms with Crippen LogP contribution in [0.2, 0.25) is 0 Å². The van der Waals surface area contributed by atoms with Crippen molar-refractivity contribution in [1.29, 1.82) is 0 Å². The van der Waals surface area contributed by atoms with Crippen molar-refractivity contribution in [3.8, 4) is 0 Å². The third-order valence-electron chi connectivity index (χ3n) is 4.45. The molecular formula is C21H32N6. The van der Waals surface area contributed by atoms with Crippen LogP contribution in [0, 0.1) is 12.8 Å². The van der Waals surface area contributed by atoms with Crippen LogP contribution >= 0.6 is 0 Å². The molecule has 0 bridgehead atoms. The van der Waals surface area contributed by atoms with Gasteiger partial charge in [0.15, 0.2) is 11.8 Å². The van der Waals surface area contributed by atoms with Crippen molar-refractivity contribution in [3.05, 3.63) is 59.7 Å². The summed E-state index contributed by atoms with van der Waals surface area (Å²) < 4.78 is 1.95. The predicted octanol–water partition coefficient (Wildman–Crippen LogP) is 3.30. The number of rotatable bonds is 8. The highest BCUT2D eigenvalue weighted by molar-refractivity contribution is 5.80. The van der Waals surface area contributed by atoms with Crippen molar-refractivity contribution in [2.24, 2.45) is 18.0 Å². The highest BCUT2D eigenvalue weighted by atomic mass is 15.3. The maximum Gasteiger partial charge on any atom is 0.192 e. The zero-order valence-corrected chi connectivity index (χ0v) is 17.2. The first-order valence-electron chi connectivity index (χ1n) is 9.50. The Labute approximate surface area is 162 Å². The number of aromatic nitrogens is 3. The molecule has 6 heteroatoms. The summed E-state index contributed by atoms with van der Waals surface area (Å²) in [5, 5.41) is 15.0. The first-order chi connectivity index (χ1) is 12.9. The number of nitrogens with zero attached hydrogens (tertiary/aromatic N) is 4. The molecule has 1 aromatic heterocycles. The molecule has 0 aliphatic carbocycles. The number of hydrogen-bond acceptors (Lipinski definition) is 3. The Morgan fingerprint density at radius 3 is 2.48 bits per heavy atom. The smallest absolute Gasteiger partial charge is 0.192 e. The van der Waals surface area contributed by atoms with Gasteiger partial charge in [-0.15, -0.1) is 16.8 Å². The lowest BCUT2D eigenvalue weighted by Gasteiger charge is -2.18. The molecule has 27 heavy (non-hydrogen) atoms. The first kappa shape index (κ1) is 20.7. The summed E-state index contributed by atoms with van der Waals surface area (Å²) in [4.78, 5) is 4.65. The molecule has 0 spiro atoms. The Morgan fingerprint density at radius 2 is 1.93 bits per heavy atom. The molecule has 2 N–H and O–H groups in total. The van der Waals surface area contributed by atoms with Gasteiger partial charge in [-0.2, -0.15) is 0 Å². The molecule has 1 unspecified atom stereocenters. The number of aryl methyl sites for hydroxylation is 1. The fourth-order valence-corrected chi connectivity index (χ4v) is 2.76. The fourth-order valence-electron chi connectivity index (χ4n) is 2.76. The van der Waals surface area contributed by atoms with E-state index in [1.807, 2.05) is 24.6 Å². The van der Waals surface area contributed by atoms with Gasteiger partial charge in [0.2, 0.25) is 0 Å². The van der Waals surface area contributed by atoms with Crippen LogP contribution in [0.1, 0.15) is 49.6 Å². The zero-order chi connectivity index (χ0) is 19.8. The molecule has 0 saturated carbocycles. The van der Waals surface area contributed by atoms with Gasteiger partial charge in [-0.3, -0.25) is 0 Å². The standard InChI is InChI=1S/C21H32N6/c1-7-12-22-21(23-14-20-26-25-17(5)27(20)6)24-16(4)19-10-8-18(9-11-19)13-15(2)3/h7-11,15-16H,1,12-14H2,2-6H3,(H2,22,23,24). The van der Waals surface area contributed by atoms with E-state index in [1.165, 1.54) is 11.1 Å². The number of aliphatic imine (C=N–C) groups is 1. The minimum absolute atomic E-state index is 0.135. The van der Waals surface area contributed by atoms with Crippen molar-refractivity contribution >= 4 is 5.96 Å². The van der Waals surface area contributed by atoms with Crippen LogP contribution in [0.15, 0.2) is 41.9 Å². The Hall–Kier alpha value is -2.63. The van der Waals surface area contributed by atoms with Crippen LogP contribution in [0.5, 0.6) is 0 Å². The Morgan fingerprint density at radius 1 is 1.22 bits per heavy atom. The first-order valence-corrected chi connectivity index (χ1v) is 9.50. The molecule has 2 rings (SSSR count). The highest BCUT2D eigenvalue weighted by Gasteiger charge is 2.10. The molecule has 0 saturated heterocycles. The lowest BCUT2D eigenvalue weighted by atomic mass is 10.00. The third kappa shape index (κ3) is 6.24. The lowest BCUT2D eigenvalue weighted by molar-refractivity contribution is 0.645. The summed E-state index contributed by atoms with van der Waals surface area (Å²) in [6, 6.07) is 8.93. The molecule has 1 atom stereocenters. The molecule has 0 fully saturated rings. The van der Waals surface area contributed by atoms with E-state index in [1.54, 1.807) is 0 Å². The van der Waals surface area contributed by atoms with Crippen molar-refractivity contribution < 1.29 is 0 Å². The molecule has 2 aromatic rings. The normalized spacial score (nSPS) is 12.9. The second-order valence-corrected chi connectivity index (χ2v) is 7.26. The second-order valence-electron chi connectivity index (χ2n) is 7.26. The van der Waals surface area contributed by atoms with Crippen LogP contribution in [0.25, 0.3) is 0 Å². The highest BCUT2D eigenvalue weighted by Crippen LogP contribution is 2.15. The Balaban J connectivity index is 2.06. The number of nitrogens with one attached hydrogen (secondary N) is 2. The lowest BCUT2D eigenvalue weighted by Crippen LogP contribution is -2.39. The summed E-state index contributed by atoms with van der Waals surface area (Å²) in [5.41, 5.74) is 2.60. The Bertz CT molecular complexity index is 757. The van der Waals surface area contributed by atoms with E-state index in [2.05, 4.69) is 77.4 Å². The molecule has 1 heterocycles. The molecular weight excluding hydrogens is 336 g/mol. The average Bonchev–Trinajstić information content (AvgIpc) is 2.96. The maximum absolute atomic E-state index is 4.65. The summed E-state index contributed by atoms with van der Waals surface area (Å²) in [6.07, 6.45) is 2.92. The van der Waals surface area contributed by atoms with E-state index >= 15 is 0 Å². The number of hydrogen-bond donors (Lipinski definition) is 2. The summed E-state index contributed by atoms with van der Waals surface area (Å²) in [6.45, 7) is 13.4. The SMILES string of the molecule is C=CCNC(=NCc1nnc(C)n1C)NC(C)c1ccc(CC(C)C)cc1. The van der Waals surface area contributed by atoms with Gasteiger partial charge in [0.25, 0.3) is 0 Å². The van der Waals surface area contributed by atoms with Gasteiger partial charge >= 0.3 is 0 Å². The van der Waals surface area contributed by atoms with Crippen LogP contribution < -0.4 is 10.6 Å². The molecule has 1 aromatic carbocycles. The minimum atomic E-state index is 0.135. The Kier molecular flexibility index (Phi) is 7.58. The topological polar surface area (TPSA) is 67.1 Å². The van der Waals surface area contributed by atoms with Crippen molar-refractivity contribution in [2.45, 2.75) is 46.7 Å². The zero-order valence-electron chi connectivity index (χ0n) is 17.2. The quantitative estimate of drug-likeness (QED) is 0.426. The predicted molar refractivity (Wildman–Crippen MR) is 112 cm³/mol. The van der Waals surface area contributed by atoms with Crippen molar-refractivity contribution in [3.63, 3.8) is 0 Å². The molecule has 146 valence electrons. The molecule has 0 amide bonds. The average molecular weight is 369 g/mol. The van der Waals surface area contributed by atoms with Crippen LogP contribution in [0.4, 0.5) is 0 Å². The summed E-state index contributed by atoms with van der Waals surface area (Å²) in [7, 11) is 1.95. The molecule has 0 radical (unpaired) electrons. The third-order valence-corrected chi connectivity index (χ3v) is 4.45. The number of guanidine groups is 1. The van der Waals surface area contributed by atoms with Crippen LogP contribution in [-0.4, -0.2) is 27.3 Å². The van der Waals surface area contributed by atoms with Crippen LogP contribution in [-0.2, 0) is 20.0 Å². The fraction of sp³-hybridized carbons (Fsp3) is 0.476. The van der Waals surface area contributed by atoms with Gasteiger partial charge in [-0.1, -0.05) is 44.2 Å².